The van der Waals surface area contributed by atoms with E-state index in [1.165, 1.54) is 31.4 Å². The summed E-state index contributed by atoms with van der Waals surface area (Å²) in [6.45, 7) is 2.08. The minimum Gasteiger partial charge on any atom is -0.372 e. The van der Waals surface area contributed by atoms with Gasteiger partial charge >= 0.3 is 0 Å². The normalized spacial score (nSPS) is 13.3. The molecule has 3 aromatic rings. The van der Waals surface area contributed by atoms with Crippen molar-refractivity contribution in [3.63, 3.8) is 0 Å². The number of anilines is 3. The molecule has 0 saturated carbocycles. The molecule has 1 saturated heterocycles. The molecule has 9 heteroatoms. The highest BCUT2D eigenvalue weighted by Crippen LogP contribution is 2.26. The minimum atomic E-state index is -0.591. The van der Waals surface area contributed by atoms with E-state index in [0.29, 0.717) is 11.4 Å². The molecule has 0 atom stereocenters. The molecule has 1 fully saturated rings. The molecule has 0 aromatic heterocycles. The number of hydrogen-bond acceptors (Lipinski definition) is 5. The highest BCUT2D eigenvalue weighted by atomic mass is 35.5. The third-order valence-electron chi connectivity index (χ3n) is 5.67. The van der Waals surface area contributed by atoms with E-state index in [2.05, 4.69) is 15.5 Å². The number of nitrogens with one attached hydrogen (secondary N) is 2. The molecule has 4 rings (SSSR count). The van der Waals surface area contributed by atoms with Crippen LogP contribution < -0.4 is 15.5 Å². The third kappa shape index (κ3) is 5.35. The maximum Gasteiger partial charge on any atom is 0.270 e. The van der Waals surface area contributed by atoms with Gasteiger partial charge in [-0.25, -0.2) is 0 Å². The van der Waals surface area contributed by atoms with Crippen molar-refractivity contribution in [3.05, 3.63) is 93.0 Å². The molecule has 0 unspecified atom stereocenters. The number of carbonyl (C=O) groups is 2. The lowest BCUT2D eigenvalue weighted by Crippen LogP contribution is -2.29. The van der Waals surface area contributed by atoms with Crippen LogP contribution in [0, 0.1) is 10.1 Å². The van der Waals surface area contributed by atoms with Crippen LogP contribution in [0.4, 0.5) is 22.7 Å². The van der Waals surface area contributed by atoms with Crippen molar-refractivity contribution in [2.24, 2.45) is 0 Å². The molecular formula is C25H23ClN4O4. The van der Waals surface area contributed by atoms with Gasteiger partial charge in [-0.15, -0.1) is 0 Å². The largest absolute Gasteiger partial charge is 0.372 e. The summed E-state index contributed by atoms with van der Waals surface area (Å²) in [5.41, 5.74) is 2.19. The quantitative estimate of drug-likeness (QED) is 0.347. The average molecular weight is 479 g/mol. The minimum absolute atomic E-state index is 0.0533. The number of halogens is 1. The highest BCUT2D eigenvalue weighted by Gasteiger charge is 2.18. The Morgan fingerprint density at radius 3 is 2.21 bits per heavy atom. The molecule has 3 aromatic carbocycles. The van der Waals surface area contributed by atoms with Gasteiger partial charge in [0.1, 0.15) is 0 Å². The van der Waals surface area contributed by atoms with Gasteiger partial charge in [0, 0.05) is 36.6 Å². The number of nitro groups is 1. The fourth-order valence-corrected chi connectivity index (χ4v) is 4.15. The van der Waals surface area contributed by atoms with Crippen LogP contribution in [0.3, 0.4) is 0 Å². The van der Waals surface area contributed by atoms with Crippen molar-refractivity contribution < 1.29 is 14.5 Å². The van der Waals surface area contributed by atoms with Crippen molar-refractivity contribution in [3.8, 4) is 0 Å². The number of hydrogen-bond donors (Lipinski definition) is 2. The van der Waals surface area contributed by atoms with Crippen molar-refractivity contribution in [2.75, 3.05) is 28.6 Å². The van der Waals surface area contributed by atoms with Gasteiger partial charge in [0.2, 0.25) is 0 Å². The van der Waals surface area contributed by atoms with Crippen LogP contribution in [0.5, 0.6) is 0 Å². The van der Waals surface area contributed by atoms with Gasteiger partial charge < -0.3 is 15.5 Å². The molecule has 2 N–H and O–H groups in total. The Bertz CT molecular complexity index is 1220. The zero-order valence-corrected chi connectivity index (χ0v) is 19.0. The zero-order chi connectivity index (χ0) is 24.1. The van der Waals surface area contributed by atoms with E-state index in [0.717, 1.165) is 24.8 Å². The molecule has 1 heterocycles. The van der Waals surface area contributed by atoms with Crippen LogP contribution in [-0.4, -0.2) is 29.8 Å². The lowest BCUT2D eigenvalue weighted by Gasteiger charge is -2.28. The number of carbonyl (C=O) groups excluding carboxylic acids is 2. The number of para-hydroxylation sites is 1. The summed E-state index contributed by atoms with van der Waals surface area (Å²) >= 11 is 6.07. The van der Waals surface area contributed by atoms with E-state index >= 15 is 0 Å². The highest BCUT2D eigenvalue weighted by molar-refractivity contribution is 6.34. The summed E-state index contributed by atoms with van der Waals surface area (Å²) < 4.78 is 0. The first-order valence-electron chi connectivity index (χ1n) is 10.9. The second kappa shape index (κ2) is 10.4. The first-order chi connectivity index (χ1) is 16.4. The molecule has 2 amide bonds. The van der Waals surface area contributed by atoms with Crippen LogP contribution in [0.1, 0.15) is 40.0 Å². The Kier molecular flexibility index (Phi) is 7.08. The molecule has 8 nitrogen and oxygen atoms in total. The SMILES string of the molecule is O=C(Nc1ccccc1C(=O)Nc1ccc(N2CCCCC2)cc1)c1ccc([N+](=O)[O-])cc1Cl. The van der Waals surface area contributed by atoms with Gasteiger partial charge in [-0.1, -0.05) is 23.7 Å². The smallest absolute Gasteiger partial charge is 0.270 e. The molecule has 0 bridgehead atoms. The van der Waals surface area contributed by atoms with Gasteiger partial charge in [0.15, 0.2) is 0 Å². The first kappa shape index (κ1) is 23.3. The molecule has 0 spiro atoms. The first-order valence-corrected chi connectivity index (χ1v) is 11.3. The number of nitrogens with zero attached hydrogens (tertiary/aromatic N) is 2. The molecule has 0 radical (unpaired) electrons. The van der Waals surface area contributed by atoms with Gasteiger partial charge in [-0.05, 0) is 61.7 Å². The van der Waals surface area contributed by atoms with E-state index in [1.807, 2.05) is 24.3 Å². The van der Waals surface area contributed by atoms with Crippen LogP contribution in [0.15, 0.2) is 66.7 Å². The Labute approximate surface area is 201 Å². The number of amides is 2. The Morgan fingerprint density at radius 2 is 1.53 bits per heavy atom. The van der Waals surface area contributed by atoms with E-state index in [1.54, 1.807) is 24.3 Å². The van der Waals surface area contributed by atoms with Crippen LogP contribution in [0.2, 0.25) is 5.02 Å². The molecule has 1 aliphatic heterocycles. The fraction of sp³-hybridized carbons (Fsp3) is 0.200. The van der Waals surface area contributed by atoms with Crippen molar-refractivity contribution in [1.82, 2.24) is 0 Å². The molecule has 0 aliphatic carbocycles. The maximum absolute atomic E-state index is 13.0. The lowest BCUT2D eigenvalue weighted by atomic mass is 10.1. The second-order valence-electron chi connectivity index (χ2n) is 7.97. The van der Waals surface area contributed by atoms with Crippen molar-refractivity contribution >= 4 is 46.2 Å². The maximum atomic E-state index is 13.0. The molecule has 174 valence electrons. The number of non-ortho nitro benzene ring substituents is 1. The Hall–Kier alpha value is -3.91. The monoisotopic (exact) mass is 478 g/mol. The molecule has 34 heavy (non-hydrogen) atoms. The van der Waals surface area contributed by atoms with Gasteiger partial charge in [-0.2, -0.15) is 0 Å². The predicted octanol–water partition coefficient (Wildman–Crippen LogP) is 5.74. The molecular weight excluding hydrogens is 456 g/mol. The van der Waals surface area contributed by atoms with E-state index < -0.39 is 10.8 Å². The summed E-state index contributed by atoms with van der Waals surface area (Å²) in [7, 11) is 0. The lowest BCUT2D eigenvalue weighted by molar-refractivity contribution is -0.384. The Morgan fingerprint density at radius 1 is 0.853 bits per heavy atom. The number of benzene rings is 3. The van der Waals surface area contributed by atoms with Gasteiger partial charge in [0.25, 0.3) is 17.5 Å². The summed E-state index contributed by atoms with van der Waals surface area (Å²) in [5.74, 6) is -0.956. The number of rotatable bonds is 6. The van der Waals surface area contributed by atoms with E-state index in [-0.39, 0.29) is 27.7 Å². The summed E-state index contributed by atoms with van der Waals surface area (Å²) in [5, 5.41) is 16.4. The second-order valence-corrected chi connectivity index (χ2v) is 8.38. The predicted molar refractivity (Wildman–Crippen MR) is 133 cm³/mol. The van der Waals surface area contributed by atoms with Gasteiger partial charge in [0.05, 0.1) is 26.8 Å². The van der Waals surface area contributed by atoms with Crippen LogP contribution >= 0.6 is 11.6 Å². The topological polar surface area (TPSA) is 105 Å². The van der Waals surface area contributed by atoms with E-state index in [4.69, 9.17) is 11.6 Å². The van der Waals surface area contributed by atoms with Crippen molar-refractivity contribution in [2.45, 2.75) is 19.3 Å². The summed E-state index contributed by atoms with van der Waals surface area (Å²) in [6.07, 6.45) is 3.63. The standard InChI is InChI=1S/C25H23ClN4O4/c26-22-16-19(30(33)34)12-13-20(22)24(31)28-23-7-3-2-6-21(23)25(32)27-17-8-10-18(11-9-17)29-14-4-1-5-15-29/h2-3,6-13,16H,1,4-5,14-15H2,(H,27,32)(H,28,31). The Balaban J connectivity index is 1.47. The molecule has 1 aliphatic rings. The number of nitro benzene ring substituents is 1. The van der Waals surface area contributed by atoms with Gasteiger partial charge in [-0.3, -0.25) is 19.7 Å². The van der Waals surface area contributed by atoms with Crippen LogP contribution in [-0.2, 0) is 0 Å². The summed E-state index contributed by atoms with van der Waals surface area (Å²) in [4.78, 5) is 38.3. The fourth-order valence-electron chi connectivity index (χ4n) is 3.89. The third-order valence-corrected chi connectivity index (χ3v) is 5.99. The summed E-state index contributed by atoms with van der Waals surface area (Å²) in [6, 6.07) is 17.9. The van der Waals surface area contributed by atoms with E-state index in [9.17, 15) is 19.7 Å². The number of piperidine rings is 1. The van der Waals surface area contributed by atoms with Crippen molar-refractivity contribution in [1.29, 1.82) is 0 Å². The average Bonchev–Trinajstić information content (AvgIpc) is 2.85. The van der Waals surface area contributed by atoms with Crippen LogP contribution in [0.25, 0.3) is 0 Å². The zero-order valence-electron chi connectivity index (χ0n) is 18.3.